The van der Waals surface area contributed by atoms with Crippen molar-refractivity contribution in [3.05, 3.63) is 29.8 Å². The van der Waals surface area contributed by atoms with E-state index in [1.54, 1.807) is 0 Å². The second kappa shape index (κ2) is 7.26. The Bertz CT molecular complexity index is 575. The van der Waals surface area contributed by atoms with Crippen molar-refractivity contribution in [2.24, 2.45) is 0 Å². The number of rotatable bonds is 6. The summed E-state index contributed by atoms with van der Waals surface area (Å²) in [4.78, 5) is 1.12. The lowest BCUT2D eigenvalue weighted by molar-refractivity contribution is -0.908. The molecule has 2 rings (SSSR count). The van der Waals surface area contributed by atoms with Crippen LogP contribution in [-0.2, 0) is 14.8 Å². The molecule has 0 radical (unpaired) electrons. The van der Waals surface area contributed by atoms with E-state index in [0.29, 0.717) is 12.5 Å². The molecule has 1 saturated heterocycles. The Kier molecular flexibility index (Phi) is 5.63. The first-order valence-corrected chi connectivity index (χ1v) is 8.33. The van der Waals surface area contributed by atoms with E-state index in [1.807, 2.05) is 0 Å². The largest absolute Gasteiger partial charge is 0.370 e. The van der Waals surface area contributed by atoms with E-state index in [4.69, 9.17) is 4.74 Å². The average molecular weight is 321 g/mol. The van der Waals surface area contributed by atoms with Crippen LogP contribution >= 0.6 is 0 Å². The summed E-state index contributed by atoms with van der Waals surface area (Å²) in [5, 5.41) is 0. The lowest BCUT2D eigenvalue weighted by Gasteiger charge is -2.23. The second-order valence-corrected chi connectivity index (χ2v) is 6.71. The van der Waals surface area contributed by atoms with Gasteiger partial charge in [0.2, 0.25) is 10.0 Å². The monoisotopic (exact) mass is 321 g/mol. The molecule has 0 bridgehead atoms. The minimum Gasteiger partial charge on any atom is -0.370 e. The molecule has 0 atom stereocenters. The van der Waals surface area contributed by atoms with E-state index >= 15 is 0 Å². The number of quaternary nitrogens is 1. The van der Waals surface area contributed by atoms with Crippen molar-refractivity contribution >= 4 is 10.0 Å². The molecular formula is C13H19F2N2O3S+. The third-order valence-corrected chi connectivity index (χ3v) is 4.86. The highest BCUT2D eigenvalue weighted by Crippen LogP contribution is 2.13. The Labute approximate surface area is 122 Å². The molecule has 8 heteroatoms. The van der Waals surface area contributed by atoms with Gasteiger partial charge in [-0.25, -0.2) is 21.9 Å². The number of sulfonamides is 1. The van der Waals surface area contributed by atoms with Gasteiger partial charge >= 0.3 is 0 Å². The summed E-state index contributed by atoms with van der Waals surface area (Å²) < 4.78 is 57.3. The number of morpholine rings is 1. The number of benzene rings is 1. The molecule has 0 aliphatic carbocycles. The maximum absolute atomic E-state index is 13.1. The smallest absolute Gasteiger partial charge is 0.240 e. The molecule has 1 aliphatic rings. The van der Waals surface area contributed by atoms with Crippen molar-refractivity contribution in [2.45, 2.75) is 11.3 Å². The average Bonchev–Trinajstić information content (AvgIpc) is 2.47. The van der Waals surface area contributed by atoms with Gasteiger partial charge in [-0.1, -0.05) is 0 Å². The van der Waals surface area contributed by atoms with Crippen LogP contribution < -0.4 is 9.62 Å². The molecule has 0 unspecified atom stereocenters. The Morgan fingerprint density at radius 1 is 1.19 bits per heavy atom. The van der Waals surface area contributed by atoms with Crippen molar-refractivity contribution in [1.29, 1.82) is 0 Å². The Hall–Kier alpha value is -1.09. The molecule has 2 N–H and O–H groups in total. The van der Waals surface area contributed by atoms with E-state index in [9.17, 15) is 17.2 Å². The summed E-state index contributed by atoms with van der Waals surface area (Å²) in [6, 6.07) is 2.54. The van der Waals surface area contributed by atoms with Gasteiger partial charge in [0.1, 0.15) is 13.1 Å². The molecule has 0 aromatic heterocycles. The number of hydrogen-bond acceptors (Lipinski definition) is 3. The zero-order valence-corrected chi connectivity index (χ0v) is 12.4. The predicted molar refractivity (Wildman–Crippen MR) is 72.5 cm³/mol. The van der Waals surface area contributed by atoms with Gasteiger partial charge in [0.15, 0.2) is 11.6 Å². The van der Waals surface area contributed by atoms with Crippen LogP contribution in [0.4, 0.5) is 8.78 Å². The highest BCUT2D eigenvalue weighted by atomic mass is 32.2. The first-order chi connectivity index (χ1) is 9.99. The molecule has 1 fully saturated rings. The predicted octanol–water partition coefficient (Wildman–Crippen LogP) is -0.452. The minimum absolute atomic E-state index is 0.264. The van der Waals surface area contributed by atoms with Crippen LogP contribution in [0.15, 0.2) is 23.1 Å². The molecule has 21 heavy (non-hydrogen) atoms. The first kappa shape index (κ1) is 16.3. The molecule has 0 spiro atoms. The van der Waals surface area contributed by atoms with Gasteiger partial charge in [-0.15, -0.1) is 0 Å². The fourth-order valence-electron chi connectivity index (χ4n) is 2.18. The molecular weight excluding hydrogens is 302 g/mol. The summed E-state index contributed by atoms with van der Waals surface area (Å²) in [5.41, 5.74) is 0. The molecule has 1 aliphatic heterocycles. The minimum atomic E-state index is -3.79. The standard InChI is InChI=1S/C13H18F2N2O3S/c14-12-3-2-11(10-13(12)15)21(18,19)16-4-1-5-17-6-8-20-9-7-17/h2-3,10,16H,1,4-9H2/p+1. The van der Waals surface area contributed by atoms with E-state index in [1.165, 1.54) is 4.90 Å². The Balaban J connectivity index is 1.82. The lowest BCUT2D eigenvalue weighted by Crippen LogP contribution is -3.14. The molecule has 1 aromatic rings. The first-order valence-electron chi connectivity index (χ1n) is 6.85. The maximum Gasteiger partial charge on any atom is 0.240 e. The van der Waals surface area contributed by atoms with Gasteiger partial charge in [-0.3, -0.25) is 0 Å². The van der Waals surface area contributed by atoms with Gasteiger partial charge in [0, 0.05) is 13.0 Å². The van der Waals surface area contributed by atoms with Crippen LogP contribution in [-0.4, -0.2) is 47.8 Å². The summed E-state index contributed by atoms with van der Waals surface area (Å²) in [6.07, 6.45) is 0.679. The van der Waals surface area contributed by atoms with Crippen molar-refractivity contribution in [3.63, 3.8) is 0 Å². The number of hydrogen-bond donors (Lipinski definition) is 2. The van der Waals surface area contributed by atoms with Crippen LogP contribution in [0.2, 0.25) is 0 Å². The molecule has 0 saturated carbocycles. The van der Waals surface area contributed by atoms with Crippen LogP contribution in [0, 0.1) is 11.6 Å². The van der Waals surface area contributed by atoms with Gasteiger partial charge in [-0.05, 0) is 18.2 Å². The van der Waals surface area contributed by atoms with Gasteiger partial charge in [-0.2, -0.15) is 0 Å². The number of nitrogens with one attached hydrogen (secondary N) is 2. The van der Waals surface area contributed by atoms with Gasteiger partial charge in [0.05, 0.1) is 24.7 Å². The summed E-state index contributed by atoms with van der Waals surface area (Å²) >= 11 is 0. The Morgan fingerprint density at radius 3 is 2.57 bits per heavy atom. The fourth-order valence-corrected chi connectivity index (χ4v) is 3.27. The molecule has 1 heterocycles. The summed E-state index contributed by atoms with van der Waals surface area (Å²) in [7, 11) is -3.79. The van der Waals surface area contributed by atoms with Gasteiger partial charge in [0.25, 0.3) is 0 Å². The van der Waals surface area contributed by atoms with Crippen molar-refractivity contribution in [3.8, 4) is 0 Å². The number of halogens is 2. The van der Waals surface area contributed by atoms with E-state index in [0.717, 1.165) is 45.0 Å². The quantitative estimate of drug-likeness (QED) is 0.698. The van der Waals surface area contributed by atoms with E-state index in [-0.39, 0.29) is 11.4 Å². The van der Waals surface area contributed by atoms with Gasteiger partial charge < -0.3 is 9.64 Å². The van der Waals surface area contributed by atoms with Crippen LogP contribution in [0.25, 0.3) is 0 Å². The van der Waals surface area contributed by atoms with Crippen LogP contribution in [0.3, 0.4) is 0 Å². The fraction of sp³-hybridized carbons (Fsp3) is 0.538. The SMILES string of the molecule is O=S(=O)(NCCC[NH+]1CCOCC1)c1ccc(F)c(F)c1. The topological polar surface area (TPSA) is 59.8 Å². The summed E-state index contributed by atoms with van der Waals surface area (Å²) in [6.45, 7) is 4.44. The zero-order chi connectivity index (χ0) is 15.3. The van der Waals surface area contributed by atoms with Crippen molar-refractivity contribution in [2.75, 3.05) is 39.4 Å². The van der Waals surface area contributed by atoms with Crippen LogP contribution in [0.1, 0.15) is 6.42 Å². The van der Waals surface area contributed by atoms with E-state index in [2.05, 4.69) is 4.72 Å². The summed E-state index contributed by atoms with van der Waals surface area (Å²) in [5.74, 6) is -2.24. The molecule has 5 nitrogen and oxygen atoms in total. The Morgan fingerprint density at radius 2 is 1.90 bits per heavy atom. The zero-order valence-electron chi connectivity index (χ0n) is 11.6. The number of ether oxygens (including phenoxy) is 1. The molecule has 1 aromatic carbocycles. The van der Waals surface area contributed by atoms with Crippen molar-refractivity contribution < 1.29 is 26.8 Å². The molecule has 0 amide bonds. The normalized spacial score (nSPS) is 17.0. The highest BCUT2D eigenvalue weighted by molar-refractivity contribution is 7.89. The maximum atomic E-state index is 13.1. The third-order valence-electron chi connectivity index (χ3n) is 3.40. The van der Waals surface area contributed by atoms with Crippen molar-refractivity contribution in [1.82, 2.24) is 4.72 Å². The second-order valence-electron chi connectivity index (χ2n) is 4.94. The molecule has 118 valence electrons. The van der Waals surface area contributed by atoms with E-state index < -0.39 is 21.7 Å². The lowest BCUT2D eigenvalue weighted by atomic mass is 10.3. The highest BCUT2D eigenvalue weighted by Gasteiger charge is 2.17. The van der Waals surface area contributed by atoms with Crippen LogP contribution in [0.5, 0.6) is 0 Å². The third kappa shape index (κ3) is 4.70.